The molecule has 8 heteroatoms. The van der Waals surface area contributed by atoms with Gasteiger partial charge >= 0.3 is 0 Å². The minimum absolute atomic E-state index is 0.0530. The van der Waals surface area contributed by atoms with Crippen molar-refractivity contribution in [3.8, 4) is 5.75 Å². The van der Waals surface area contributed by atoms with Gasteiger partial charge in [-0.1, -0.05) is 26.2 Å². The maximum absolute atomic E-state index is 11.3. The van der Waals surface area contributed by atoms with Gasteiger partial charge < -0.3 is 15.4 Å². The molecule has 0 amide bonds. The van der Waals surface area contributed by atoms with Gasteiger partial charge in [0.05, 0.1) is 11.5 Å². The molecule has 0 aliphatic heterocycles. The van der Waals surface area contributed by atoms with Crippen LogP contribution in [0.2, 0.25) is 0 Å². The lowest BCUT2D eigenvalue weighted by molar-refractivity contribution is 0.305. The molecule has 4 N–H and O–H groups in total. The van der Waals surface area contributed by atoms with Crippen LogP contribution >= 0.6 is 12.2 Å². The maximum atomic E-state index is 11.3. The quantitative estimate of drug-likeness (QED) is 0.428. The number of primary sulfonamides is 1. The molecule has 2 rings (SSSR count). The molecule has 0 aliphatic carbocycles. The molecule has 2 aromatic rings. The zero-order chi connectivity index (χ0) is 19.7. The first-order valence-electron chi connectivity index (χ1n) is 8.82. The van der Waals surface area contributed by atoms with Crippen molar-refractivity contribution in [2.24, 2.45) is 5.14 Å². The Balaban J connectivity index is 1.81. The summed E-state index contributed by atoms with van der Waals surface area (Å²) in [5, 5.41) is 11.5. The summed E-state index contributed by atoms with van der Waals surface area (Å²) in [5.41, 5.74) is 1.49. The Morgan fingerprint density at radius 2 is 1.52 bits per heavy atom. The number of hydrogen-bond acceptors (Lipinski definition) is 4. The second kappa shape index (κ2) is 10.2. The molecule has 0 radical (unpaired) electrons. The largest absolute Gasteiger partial charge is 0.494 e. The predicted molar refractivity (Wildman–Crippen MR) is 114 cm³/mol. The first-order chi connectivity index (χ1) is 12.9. The van der Waals surface area contributed by atoms with Crippen molar-refractivity contribution in [3.63, 3.8) is 0 Å². The number of nitrogens with two attached hydrogens (primary N) is 1. The molecular weight excluding hydrogens is 382 g/mol. The molecule has 0 atom stereocenters. The van der Waals surface area contributed by atoms with Crippen molar-refractivity contribution >= 4 is 38.7 Å². The third kappa shape index (κ3) is 7.54. The van der Waals surface area contributed by atoms with E-state index in [4.69, 9.17) is 22.1 Å². The lowest BCUT2D eigenvalue weighted by atomic mass is 10.2. The molecule has 27 heavy (non-hydrogen) atoms. The standard InChI is InChI=1S/C19H25N3O3S2/c1-2-3-4-5-14-25-17-10-6-15(7-11-17)21-19(26)22-16-8-12-18(13-9-16)27(20,23)24/h6-13H,2-5,14H2,1H3,(H2,20,23,24)(H2,21,22,26). The lowest BCUT2D eigenvalue weighted by Gasteiger charge is -2.12. The molecule has 0 fully saturated rings. The molecule has 0 aliphatic rings. The lowest BCUT2D eigenvalue weighted by Crippen LogP contribution is -2.19. The first-order valence-corrected chi connectivity index (χ1v) is 10.8. The normalized spacial score (nSPS) is 11.0. The zero-order valence-electron chi connectivity index (χ0n) is 15.3. The fourth-order valence-electron chi connectivity index (χ4n) is 2.37. The van der Waals surface area contributed by atoms with Gasteiger partial charge in [-0.25, -0.2) is 13.6 Å². The van der Waals surface area contributed by atoms with E-state index in [1.165, 1.54) is 31.4 Å². The van der Waals surface area contributed by atoms with Gasteiger partial charge in [-0.3, -0.25) is 0 Å². The van der Waals surface area contributed by atoms with Crippen LogP contribution < -0.4 is 20.5 Å². The van der Waals surface area contributed by atoms with Crippen LogP contribution in [0.3, 0.4) is 0 Å². The average Bonchev–Trinajstić information content (AvgIpc) is 2.62. The van der Waals surface area contributed by atoms with Gasteiger partial charge in [0.2, 0.25) is 10.0 Å². The summed E-state index contributed by atoms with van der Waals surface area (Å²) in [6.45, 7) is 2.91. The predicted octanol–water partition coefficient (Wildman–Crippen LogP) is 4.10. The summed E-state index contributed by atoms with van der Waals surface area (Å²) in [6.07, 6.45) is 4.70. The number of benzene rings is 2. The number of rotatable bonds is 9. The summed E-state index contributed by atoms with van der Waals surface area (Å²) in [6, 6.07) is 13.6. The van der Waals surface area contributed by atoms with Crippen molar-refractivity contribution in [2.75, 3.05) is 17.2 Å². The van der Waals surface area contributed by atoms with E-state index in [9.17, 15) is 8.42 Å². The highest BCUT2D eigenvalue weighted by atomic mass is 32.2. The maximum Gasteiger partial charge on any atom is 0.238 e. The smallest absolute Gasteiger partial charge is 0.238 e. The highest BCUT2D eigenvalue weighted by molar-refractivity contribution is 7.89. The van der Waals surface area contributed by atoms with Gasteiger partial charge in [0, 0.05) is 11.4 Å². The monoisotopic (exact) mass is 407 g/mol. The molecule has 0 aromatic heterocycles. The summed E-state index contributed by atoms with van der Waals surface area (Å²) in [7, 11) is -3.70. The molecule has 2 aromatic carbocycles. The summed E-state index contributed by atoms with van der Waals surface area (Å²) >= 11 is 5.27. The molecule has 6 nitrogen and oxygen atoms in total. The molecule has 0 bridgehead atoms. The van der Waals surface area contributed by atoms with Crippen molar-refractivity contribution < 1.29 is 13.2 Å². The van der Waals surface area contributed by atoms with E-state index < -0.39 is 10.0 Å². The first kappa shape index (κ1) is 21.1. The topological polar surface area (TPSA) is 93.4 Å². The molecule has 146 valence electrons. The van der Waals surface area contributed by atoms with E-state index in [1.54, 1.807) is 12.1 Å². The van der Waals surface area contributed by atoms with Crippen LogP contribution in [0.1, 0.15) is 32.6 Å². The Kier molecular flexibility index (Phi) is 8.02. The summed E-state index contributed by atoms with van der Waals surface area (Å²) in [4.78, 5) is 0.0530. The van der Waals surface area contributed by atoms with Gasteiger partial charge in [0.25, 0.3) is 0 Å². The molecule has 0 saturated carbocycles. The van der Waals surface area contributed by atoms with Crippen LogP contribution in [0, 0.1) is 0 Å². The molecule has 0 spiro atoms. The second-order valence-corrected chi connectivity index (χ2v) is 8.05. The van der Waals surface area contributed by atoms with Gasteiger partial charge in [-0.05, 0) is 67.2 Å². The average molecular weight is 408 g/mol. The molecule has 0 unspecified atom stereocenters. The van der Waals surface area contributed by atoms with E-state index >= 15 is 0 Å². The van der Waals surface area contributed by atoms with Crippen molar-refractivity contribution in [2.45, 2.75) is 37.5 Å². The Hall–Kier alpha value is -2.16. The Morgan fingerprint density at radius 3 is 2.04 bits per heavy atom. The van der Waals surface area contributed by atoms with Gasteiger partial charge in [-0.15, -0.1) is 0 Å². The summed E-state index contributed by atoms with van der Waals surface area (Å²) in [5.74, 6) is 0.828. The van der Waals surface area contributed by atoms with Crippen LogP contribution in [-0.4, -0.2) is 20.1 Å². The number of nitrogens with one attached hydrogen (secondary N) is 2. The van der Waals surface area contributed by atoms with E-state index in [-0.39, 0.29) is 4.90 Å². The number of hydrogen-bond donors (Lipinski definition) is 3. The van der Waals surface area contributed by atoms with E-state index in [0.29, 0.717) is 10.8 Å². The van der Waals surface area contributed by atoms with Crippen molar-refractivity contribution in [3.05, 3.63) is 48.5 Å². The third-order valence-corrected chi connectivity index (χ3v) is 4.95. The number of thiocarbonyl (C=S) groups is 1. The fourth-order valence-corrected chi connectivity index (χ4v) is 3.13. The highest BCUT2D eigenvalue weighted by Crippen LogP contribution is 2.17. The molecular formula is C19H25N3O3S2. The number of unbranched alkanes of at least 4 members (excludes halogenated alkanes) is 3. The van der Waals surface area contributed by atoms with Gasteiger partial charge in [0.15, 0.2) is 5.11 Å². The van der Waals surface area contributed by atoms with E-state index in [0.717, 1.165) is 24.5 Å². The number of ether oxygens (including phenoxy) is 1. The fraction of sp³-hybridized carbons (Fsp3) is 0.316. The van der Waals surface area contributed by atoms with Gasteiger partial charge in [0.1, 0.15) is 5.75 Å². The number of sulfonamides is 1. The molecule has 0 saturated heterocycles. The van der Waals surface area contributed by atoms with Crippen LogP contribution in [0.25, 0.3) is 0 Å². The van der Waals surface area contributed by atoms with Crippen LogP contribution in [0.4, 0.5) is 11.4 Å². The number of anilines is 2. The Morgan fingerprint density at radius 1 is 0.963 bits per heavy atom. The summed E-state index contributed by atoms with van der Waals surface area (Å²) < 4.78 is 28.2. The zero-order valence-corrected chi connectivity index (χ0v) is 16.9. The molecule has 0 heterocycles. The highest BCUT2D eigenvalue weighted by Gasteiger charge is 2.07. The Bertz CT molecular complexity index is 836. The van der Waals surface area contributed by atoms with Crippen LogP contribution in [-0.2, 0) is 10.0 Å². The Labute approximate surface area is 166 Å². The van der Waals surface area contributed by atoms with E-state index in [1.807, 2.05) is 24.3 Å². The minimum Gasteiger partial charge on any atom is -0.494 e. The van der Waals surface area contributed by atoms with Crippen LogP contribution in [0.5, 0.6) is 5.75 Å². The third-order valence-electron chi connectivity index (χ3n) is 3.82. The van der Waals surface area contributed by atoms with Crippen molar-refractivity contribution in [1.82, 2.24) is 0 Å². The van der Waals surface area contributed by atoms with Crippen LogP contribution in [0.15, 0.2) is 53.4 Å². The minimum atomic E-state index is -3.70. The van der Waals surface area contributed by atoms with E-state index in [2.05, 4.69) is 17.6 Å². The second-order valence-electron chi connectivity index (χ2n) is 6.08. The SMILES string of the molecule is CCCCCCOc1ccc(NC(=S)Nc2ccc(S(N)(=O)=O)cc2)cc1. The van der Waals surface area contributed by atoms with Crippen molar-refractivity contribution in [1.29, 1.82) is 0 Å². The van der Waals surface area contributed by atoms with Gasteiger partial charge in [-0.2, -0.15) is 0 Å².